The third-order valence-electron chi connectivity index (χ3n) is 2.69. The van der Waals surface area contributed by atoms with E-state index < -0.39 is 5.97 Å². The van der Waals surface area contributed by atoms with Crippen molar-refractivity contribution in [1.82, 2.24) is 10.2 Å². The Labute approximate surface area is 117 Å². The number of hydrogen-bond acceptors (Lipinski definition) is 6. The van der Waals surface area contributed by atoms with Crippen LogP contribution >= 0.6 is 0 Å². The summed E-state index contributed by atoms with van der Waals surface area (Å²) in [5.74, 6) is -0.423. The Balaban J connectivity index is 2.12. The zero-order valence-electron chi connectivity index (χ0n) is 11.2. The lowest BCUT2D eigenvalue weighted by molar-refractivity contribution is 0.0527. The number of esters is 1. The first-order valence-corrected chi connectivity index (χ1v) is 6.28. The molecule has 0 saturated carbocycles. The molecule has 6 heteroatoms. The Morgan fingerprint density at radius 2 is 2.20 bits per heavy atom. The molecule has 0 amide bonds. The lowest BCUT2D eigenvalue weighted by atomic mass is 10.1. The van der Waals surface area contributed by atoms with Gasteiger partial charge in [0.1, 0.15) is 0 Å². The minimum absolute atomic E-state index is 0.315. The standard InChI is InChI=1S/C14H16N4O2/c1-2-20-14(19)11-6-3-7-12(13(11)15)16-9-10-5-4-8-17-18-10/h3-8,16H,2,9,15H2,1H3. The van der Waals surface area contributed by atoms with Crippen molar-refractivity contribution in [2.45, 2.75) is 13.5 Å². The maximum atomic E-state index is 11.7. The number of benzene rings is 1. The number of aromatic nitrogens is 2. The van der Waals surface area contributed by atoms with Crippen molar-refractivity contribution < 1.29 is 9.53 Å². The number of carbonyl (C=O) groups is 1. The average molecular weight is 272 g/mol. The second-order valence-electron chi connectivity index (χ2n) is 4.06. The highest BCUT2D eigenvalue weighted by Crippen LogP contribution is 2.23. The fourth-order valence-corrected chi connectivity index (χ4v) is 1.72. The van der Waals surface area contributed by atoms with Crippen LogP contribution in [0.4, 0.5) is 11.4 Å². The molecular formula is C14H16N4O2. The Morgan fingerprint density at radius 3 is 2.90 bits per heavy atom. The second-order valence-corrected chi connectivity index (χ2v) is 4.06. The highest BCUT2D eigenvalue weighted by Gasteiger charge is 2.13. The van der Waals surface area contributed by atoms with Gasteiger partial charge in [-0.15, -0.1) is 0 Å². The van der Waals surface area contributed by atoms with Crippen molar-refractivity contribution in [2.75, 3.05) is 17.7 Å². The average Bonchev–Trinajstić information content (AvgIpc) is 2.47. The first-order chi connectivity index (χ1) is 9.72. The number of rotatable bonds is 5. The van der Waals surface area contributed by atoms with E-state index in [1.807, 2.05) is 12.1 Å². The number of hydrogen-bond donors (Lipinski definition) is 2. The van der Waals surface area contributed by atoms with Gasteiger partial charge in [0.2, 0.25) is 0 Å². The van der Waals surface area contributed by atoms with Crippen LogP contribution in [0.1, 0.15) is 23.0 Å². The van der Waals surface area contributed by atoms with E-state index in [9.17, 15) is 4.79 Å². The fraction of sp³-hybridized carbons (Fsp3) is 0.214. The highest BCUT2D eigenvalue weighted by atomic mass is 16.5. The minimum Gasteiger partial charge on any atom is -0.462 e. The van der Waals surface area contributed by atoms with E-state index in [-0.39, 0.29) is 0 Å². The number of nitrogens with zero attached hydrogens (tertiary/aromatic N) is 2. The van der Waals surface area contributed by atoms with Gasteiger partial charge in [-0.05, 0) is 31.2 Å². The number of nitrogen functional groups attached to an aromatic ring is 1. The zero-order chi connectivity index (χ0) is 14.4. The second kappa shape index (κ2) is 6.51. The maximum Gasteiger partial charge on any atom is 0.340 e. The molecule has 1 aromatic heterocycles. The summed E-state index contributed by atoms with van der Waals surface area (Å²) in [6.45, 7) is 2.55. The van der Waals surface area contributed by atoms with Crippen molar-refractivity contribution >= 4 is 17.3 Å². The zero-order valence-corrected chi connectivity index (χ0v) is 11.2. The number of nitrogens with two attached hydrogens (primary N) is 1. The molecule has 2 rings (SSSR count). The number of ether oxygens (including phenoxy) is 1. The molecule has 0 aliphatic rings. The Morgan fingerprint density at radius 1 is 1.35 bits per heavy atom. The molecule has 0 fully saturated rings. The lowest BCUT2D eigenvalue weighted by Crippen LogP contribution is -2.11. The van der Waals surface area contributed by atoms with E-state index in [1.165, 1.54) is 0 Å². The Bertz CT molecular complexity index is 587. The fourth-order valence-electron chi connectivity index (χ4n) is 1.72. The van der Waals surface area contributed by atoms with Gasteiger partial charge in [-0.1, -0.05) is 6.07 Å². The van der Waals surface area contributed by atoms with Crippen LogP contribution in [0.2, 0.25) is 0 Å². The van der Waals surface area contributed by atoms with Gasteiger partial charge < -0.3 is 15.8 Å². The summed E-state index contributed by atoms with van der Waals surface area (Å²) in [6.07, 6.45) is 1.61. The molecule has 0 bridgehead atoms. The van der Waals surface area contributed by atoms with Gasteiger partial charge in [-0.3, -0.25) is 0 Å². The van der Waals surface area contributed by atoms with E-state index in [0.717, 1.165) is 5.69 Å². The van der Waals surface area contributed by atoms with Gasteiger partial charge in [0.25, 0.3) is 0 Å². The lowest BCUT2D eigenvalue weighted by Gasteiger charge is -2.11. The van der Waals surface area contributed by atoms with Crippen LogP contribution in [0.25, 0.3) is 0 Å². The molecular weight excluding hydrogens is 256 g/mol. The van der Waals surface area contributed by atoms with Gasteiger partial charge in [0.05, 0.1) is 35.8 Å². The predicted octanol–water partition coefficient (Wildman–Crippen LogP) is 1.85. The van der Waals surface area contributed by atoms with E-state index in [1.54, 1.807) is 31.3 Å². The molecule has 0 saturated heterocycles. The predicted molar refractivity (Wildman–Crippen MR) is 76.2 cm³/mol. The van der Waals surface area contributed by atoms with E-state index in [4.69, 9.17) is 10.5 Å². The molecule has 1 aromatic carbocycles. The number of carbonyl (C=O) groups excluding carboxylic acids is 1. The third-order valence-corrected chi connectivity index (χ3v) is 2.69. The van der Waals surface area contributed by atoms with Crippen LogP contribution in [-0.4, -0.2) is 22.8 Å². The summed E-state index contributed by atoms with van der Waals surface area (Å²) in [5.41, 5.74) is 8.16. The molecule has 104 valence electrons. The Hall–Kier alpha value is -2.63. The maximum absolute atomic E-state index is 11.7. The molecule has 0 aliphatic carbocycles. The van der Waals surface area contributed by atoms with Crippen LogP contribution < -0.4 is 11.1 Å². The molecule has 0 spiro atoms. The summed E-state index contributed by atoms with van der Waals surface area (Å²) in [6, 6.07) is 8.85. The van der Waals surface area contributed by atoms with Gasteiger partial charge >= 0.3 is 5.97 Å². The molecule has 0 atom stereocenters. The number of nitrogens with one attached hydrogen (secondary N) is 1. The monoisotopic (exact) mass is 272 g/mol. The smallest absolute Gasteiger partial charge is 0.340 e. The molecule has 0 radical (unpaired) electrons. The quantitative estimate of drug-likeness (QED) is 0.637. The summed E-state index contributed by atoms with van der Waals surface area (Å²) >= 11 is 0. The van der Waals surface area contributed by atoms with Crippen molar-refractivity contribution in [3.05, 3.63) is 47.8 Å². The number of anilines is 2. The van der Waals surface area contributed by atoms with E-state index >= 15 is 0 Å². The van der Waals surface area contributed by atoms with Gasteiger partial charge in [0, 0.05) is 6.20 Å². The molecule has 2 aromatic rings. The molecule has 6 nitrogen and oxygen atoms in total. The summed E-state index contributed by atoms with van der Waals surface area (Å²) in [5, 5.41) is 10.9. The molecule has 3 N–H and O–H groups in total. The number of para-hydroxylation sites is 1. The summed E-state index contributed by atoms with van der Waals surface area (Å²) in [4.78, 5) is 11.7. The van der Waals surface area contributed by atoms with E-state index in [0.29, 0.717) is 30.1 Å². The topological polar surface area (TPSA) is 90.1 Å². The molecule has 20 heavy (non-hydrogen) atoms. The Kier molecular flexibility index (Phi) is 4.49. The first kappa shape index (κ1) is 13.8. The normalized spacial score (nSPS) is 10.1. The minimum atomic E-state index is -0.423. The van der Waals surface area contributed by atoms with Crippen molar-refractivity contribution in [3.63, 3.8) is 0 Å². The van der Waals surface area contributed by atoms with Crippen LogP contribution in [0.3, 0.4) is 0 Å². The SMILES string of the molecule is CCOC(=O)c1cccc(NCc2cccnn2)c1N. The largest absolute Gasteiger partial charge is 0.462 e. The van der Waals surface area contributed by atoms with Crippen LogP contribution in [0.15, 0.2) is 36.5 Å². The van der Waals surface area contributed by atoms with Gasteiger partial charge in [0.15, 0.2) is 0 Å². The summed E-state index contributed by atoms with van der Waals surface area (Å²) < 4.78 is 4.96. The third kappa shape index (κ3) is 3.23. The van der Waals surface area contributed by atoms with Crippen LogP contribution in [0.5, 0.6) is 0 Å². The molecule has 0 aliphatic heterocycles. The highest BCUT2D eigenvalue weighted by molar-refractivity contribution is 5.98. The van der Waals surface area contributed by atoms with Crippen molar-refractivity contribution in [1.29, 1.82) is 0 Å². The van der Waals surface area contributed by atoms with Gasteiger partial charge in [-0.2, -0.15) is 10.2 Å². The van der Waals surface area contributed by atoms with Gasteiger partial charge in [-0.25, -0.2) is 4.79 Å². The molecule has 1 heterocycles. The summed E-state index contributed by atoms with van der Waals surface area (Å²) in [7, 11) is 0. The van der Waals surface area contributed by atoms with E-state index in [2.05, 4.69) is 15.5 Å². The first-order valence-electron chi connectivity index (χ1n) is 6.28. The van der Waals surface area contributed by atoms with Crippen LogP contribution in [0, 0.1) is 0 Å². The van der Waals surface area contributed by atoms with Crippen LogP contribution in [-0.2, 0) is 11.3 Å². The molecule has 0 unspecified atom stereocenters. The van der Waals surface area contributed by atoms with Crippen molar-refractivity contribution in [3.8, 4) is 0 Å². The van der Waals surface area contributed by atoms with Crippen molar-refractivity contribution in [2.24, 2.45) is 0 Å².